The molecule has 5 rings (SSSR count). The zero-order valence-electron chi connectivity index (χ0n) is 25.4. The van der Waals surface area contributed by atoms with Crippen LogP contribution in [0.2, 0.25) is 0 Å². The molecule has 11 heteroatoms. The van der Waals surface area contributed by atoms with Crippen LogP contribution in [0.3, 0.4) is 0 Å². The van der Waals surface area contributed by atoms with Crippen LogP contribution < -0.4 is 10.2 Å². The number of benzene rings is 1. The molecule has 1 aromatic carbocycles. The number of carbonyl (C=O) groups excluding carboxylic acids is 1. The second-order valence-corrected chi connectivity index (χ2v) is 14.4. The smallest absolute Gasteiger partial charge is 0.272 e. The predicted molar refractivity (Wildman–Crippen MR) is 167 cm³/mol. The SMILES string of the molecule is CCS(=O)(=O)N(C)C1CCN(C2CCN(C(=O)c3ncnc(NCC4CCN(c5ccccc5)CC4)c3C)CC2)CC1. The number of likely N-dealkylation sites (tertiary alicyclic amines) is 2. The standard InChI is InChI=1S/C31H47N7O3S/c1-4-42(40,41)35(3)26-12-18-37(19-13-26)28-14-20-38(21-15-28)31(39)29-24(2)30(34-23-33-29)32-22-25-10-16-36(17-11-25)27-8-6-5-7-9-27/h5-9,23,25-26,28H,4,10-22H2,1-3H3,(H,32,33,34). The van der Waals surface area contributed by atoms with Gasteiger partial charge >= 0.3 is 0 Å². The number of hydrogen-bond donors (Lipinski definition) is 1. The van der Waals surface area contributed by atoms with Gasteiger partial charge in [0.25, 0.3) is 5.91 Å². The Bertz CT molecular complexity index is 1280. The van der Waals surface area contributed by atoms with E-state index in [2.05, 4.69) is 55.4 Å². The van der Waals surface area contributed by atoms with Gasteiger partial charge in [0.2, 0.25) is 10.0 Å². The summed E-state index contributed by atoms with van der Waals surface area (Å²) in [5.41, 5.74) is 2.60. The summed E-state index contributed by atoms with van der Waals surface area (Å²) in [4.78, 5) is 29.3. The number of nitrogens with one attached hydrogen (secondary N) is 1. The summed E-state index contributed by atoms with van der Waals surface area (Å²) >= 11 is 0. The average molecular weight is 598 g/mol. The van der Waals surface area contributed by atoms with E-state index in [1.165, 1.54) is 12.0 Å². The second kappa shape index (κ2) is 13.7. The van der Waals surface area contributed by atoms with Gasteiger partial charge in [-0.2, -0.15) is 0 Å². The number of nitrogens with zero attached hydrogens (tertiary/aromatic N) is 6. The minimum atomic E-state index is -3.16. The molecule has 1 N–H and O–H groups in total. The molecular weight excluding hydrogens is 550 g/mol. The van der Waals surface area contributed by atoms with E-state index in [0.717, 1.165) is 82.6 Å². The van der Waals surface area contributed by atoms with Gasteiger partial charge in [0, 0.05) is 63.1 Å². The molecule has 0 atom stereocenters. The van der Waals surface area contributed by atoms with Crippen molar-refractivity contribution in [3.05, 3.63) is 47.9 Å². The summed E-state index contributed by atoms with van der Waals surface area (Å²) < 4.78 is 26.1. The van der Waals surface area contributed by atoms with E-state index in [4.69, 9.17) is 0 Å². The molecule has 2 aromatic rings. The van der Waals surface area contributed by atoms with Crippen molar-refractivity contribution in [2.75, 3.05) is 68.8 Å². The van der Waals surface area contributed by atoms with E-state index in [1.807, 2.05) is 11.8 Å². The minimum Gasteiger partial charge on any atom is -0.372 e. The lowest BCUT2D eigenvalue weighted by Crippen LogP contribution is -2.52. The number of piperidine rings is 3. The fraction of sp³-hybridized carbons (Fsp3) is 0.645. The molecule has 42 heavy (non-hydrogen) atoms. The third kappa shape index (κ3) is 7.06. The molecule has 0 aliphatic carbocycles. The molecule has 1 aromatic heterocycles. The van der Waals surface area contributed by atoms with Crippen LogP contribution in [0.1, 0.15) is 61.5 Å². The number of para-hydroxylation sites is 1. The number of anilines is 2. The van der Waals surface area contributed by atoms with Crippen LogP contribution in [0.4, 0.5) is 11.5 Å². The van der Waals surface area contributed by atoms with E-state index >= 15 is 0 Å². The number of sulfonamides is 1. The Kier molecular flexibility index (Phi) is 10.0. The highest BCUT2D eigenvalue weighted by Gasteiger charge is 2.34. The highest BCUT2D eigenvalue weighted by atomic mass is 32.2. The highest BCUT2D eigenvalue weighted by molar-refractivity contribution is 7.89. The highest BCUT2D eigenvalue weighted by Crippen LogP contribution is 2.27. The maximum absolute atomic E-state index is 13.5. The van der Waals surface area contributed by atoms with Crippen LogP contribution in [0, 0.1) is 12.8 Å². The van der Waals surface area contributed by atoms with Gasteiger partial charge < -0.3 is 20.0 Å². The summed E-state index contributed by atoms with van der Waals surface area (Å²) in [6, 6.07) is 11.1. The molecule has 3 fully saturated rings. The van der Waals surface area contributed by atoms with E-state index < -0.39 is 10.0 Å². The molecule has 1 amide bonds. The van der Waals surface area contributed by atoms with E-state index in [-0.39, 0.29) is 17.7 Å². The molecule has 3 aliphatic rings. The Morgan fingerprint density at radius 3 is 2.26 bits per heavy atom. The molecule has 0 unspecified atom stereocenters. The van der Waals surface area contributed by atoms with Crippen molar-refractivity contribution in [1.82, 2.24) is 24.1 Å². The van der Waals surface area contributed by atoms with Crippen molar-refractivity contribution in [1.29, 1.82) is 0 Å². The fourth-order valence-corrected chi connectivity index (χ4v) is 7.82. The largest absolute Gasteiger partial charge is 0.372 e. The van der Waals surface area contributed by atoms with Crippen LogP contribution in [0.5, 0.6) is 0 Å². The van der Waals surface area contributed by atoms with Crippen molar-refractivity contribution in [2.24, 2.45) is 5.92 Å². The Balaban J connectivity index is 1.08. The summed E-state index contributed by atoms with van der Waals surface area (Å²) in [5, 5.41) is 3.52. The summed E-state index contributed by atoms with van der Waals surface area (Å²) in [6.45, 7) is 9.81. The van der Waals surface area contributed by atoms with Crippen molar-refractivity contribution in [3.63, 3.8) is 0 Å². The molecule has 4 heterocycles. The third-order valence-electron chi connectivity index (χ3n) is 9.67. The van der Waals surface area contributed by atoms with Gasteiger partial charge in [-0.05, 0) is 83.5 Å². The molecule has 0 spiro atoms. The zero-order chi connectivity index (χ0) is 29.7. The van der Waals surface area contributed by atoms with Crippen LogP contribution in [-0.2, 0) is 10.0 Å². The van der Waals surface area contributed by atoms with Gasteiger partial charge in [-0.1, -0.05) is 18.2 Å². The van der Waals surface area contributed by atoms with E-state index in [0.29, 0.717) is 30.7 Å². The van der Waals surface area contributed by atoms with Crippen LogP contribution in [-0.4, -0.2) is 109 Å². The summed E-state index contributed by atoms with van der Waals surface area (Å²) in [7, 11) is -1.44. The number of rotatable bonds is 9. The van der Waals surface area contributed by atoms with Gasteiger partial charge in [0.1, 0.15) is 17.8 Å². The Hall–Kier alpha value is -2.76. The normalized spacial score (nSPS) is 20.3. The van der Waals surface area contributed by atoms with E-state index in [9.17, 15) is 13.2 Å². The number of amides is 1. The predicted octanol–water partition coefficient (Wildman–Crippen LogP) is 3.46. The Morgan fingerprint density at radius 1 is 0.952 bits per heavy atom. The van der Waals surface area contributed by atoms with Crippen molar-refractivity contribution in [2.45, 2.75) is 64.5 Å². The van der Waals surface area contributed by atoms with Crippen molar-refractivity contribution >= 4 is 27.4 Å². The Labute approximate surface area is 251 Å². The van der Waals surface area contributed by atoms with Crippen LogP contribution in [0.15, 0.2) is 36.7 Å². The lowest BCUT2D eigenvalue weighted by molar-refractivity contribution is 0.0542. The molecular formula is C31H47N7O3S. The summed E-state index contributed by atoms with van der Waals surface area (Å²) in [6.07, 6.45) is 7.33. The first-order valence-electron chi connectivity index (χ1n) is 15.6. The third-order valence-corrected chi connectivity index (χ3v) is 11.6. The van der Waals surface area contributed by atoms with Crippen molar-refractivity contribution in [3.8, 4) is 0 Å². The maximum Gasteiger partial charge on any atom is 0.272 e. The summed E-state index contributed by atoms with van der Waals surface area (Å²) in [5.74, 6) is 1.46. The van der Waals surface area contributed by atoms with Crippen LogP contribution in [0.25, 0.3) is 0 Å². The Morgan fingerprint density at radius 2 is 1.62 bits per heavy atom. The average Bonchev–Trinajstić information content (AvgIpc) is 3.04. The molecule has 10 nitrogen and oxygen atoms in total. The fourth-order valence-electron chi connectivity index (χ4n) is 6.75. The van der Waals surface area contributed by atoms with Gasteiger partial charge in [-0.25, -0.2) is 22.7 Å². The van der Waals surface area contributed by atoms with Gasteiger partial charge in [0.05, 0.1) is 5.75 Å². The first-order chi connectivity index (χ1) is 20.3. The number of hydrogen-bond acceptors (Lipinski definition) is 8. The minimum absolute atomic E-state index is 0.0160. The van der Waals surface area contributed by atoms with Gasteiger partial charge in [0.15, 0.2) is 0 Å². The topological polar surface area (TPSA) is 102 Å². The molecule has 3 aliphatic heterocycles. The van der Waals surface area contributed by atoms with Gasteiger partial charge in [-0.3, -0.25) is 4.79 Å². The van der Waals surface area contributed by atoms with Crippen molar-refractivity contribution < 1.29 is 13.2 Å². The first kappa shape index (κ1) is 30.7. The molecule has 0 bridgehead atoms. The number of aromatic nitrogens is 2. The lowest BCUT2D eigenvalue weighted by atomic mass is 9.96. The van der Waals surface area contributed by atoms with E-state index in [1.54, 1.807) is 18.3 Å². The molecule has 230 valence electrons. The lowest BCUT2D eigenvalue weighted by Gasteiger charge is -2.43. The second-order valence-electron chi connectivity index (χ2n) is 12.1. The van der Waals surface area contributed by atoms with Crippen LogP contribution >= 0.6 is 0 Å². The zero-order valence-corrected chi connectivity index (χ0v) is 26.2. The van der Waals surface area contributed by atoms with Gasteiger partial charge in [-0.15, -0.1) is 0 Å². The molecule has 0 radical (unpaired) electrons. The quantitative estimate of drug-likeness (QED) is 0.469. The maximum atomic E-state index is 13.5. The first-order valence-corrected chi connectivity index (χ1v) is 17.2. The number of carbonyl (C=O) groups is 1. The molecule has 3 saturated heterocycles. The molecule has 0 saturated carbocycles. The monoisotopic (exact) mass is 597 g/mol.